The van der Waals surface area contributed by atoms with E-state index in [0.29, 0.717) is 24.4 Å². The molecule has 152 valence electrons. The number of aryl methyl sites for hydroxylation is 1. The van der Waals surface area contributed by atoms with Crippen LogP contribution in [0.3, 0.4) is 0 Å². The Morgan fingerprint density at radius 1 is 1.24 bits per heavy atom. The quantitative estimate of drug-likeness (QED) is 0.229. The lowest BCUT2D eigenvalue weighted by molar-refractivity contribution is -0.140. The molecule has 0 aliphatic rings. The Labute approximate surface area is 174 Å². The molecule has 6 nitrogen and oxygen atoms in total. The summed E-state index contributed by atoms with van der Waals surface area (Å²) in [6.45, 7) is 8.82. The molecule has 3 rings (SSSR count). The predicted octanol–water partition coefficient (Wildman–Crippen LogP) is 4.18. The van der Waals surface area contributed by atoms with Crippen molar-refractivity contribution in [2.45, 2.75) is 38.5 Å². The molecule has 3 aromatic rings. The number of nitrogens with zero attached hydrogens (tertiary/aromatic N) is 3. The summed E-state index contributed by atoms with van der Waals surface area (Å²) in [6.07, 6.45) is 2.11. The van der Waals surface area contributed by atoms with Crippen LogP contribution in [0.15, 0.2) is 48.1 Å². The number of carbonyl (C=O) groups excluding carboxylic acids is 2. The molecule has 0 aliphatic heterocycles. The summed E-state index contributed by atoms with van der Waals surface area (Å²) >= 11 is 1.43. The molecule has 0 radical (unpaired) electrons. The van der Waals surface area contributed by atoms with Gasteiger partial charge in [0.2, 0.25) is 0 Å². The largest absolute Gasteiger partial charge is 0.469 e. The van der Waals surface area contributed by atoms with E-state index in [1.165, 1.54) is 18.9 Å². The van der Waals surface area contributed by atoms with Gasteiger partial charge in [-0.1, -0.05) is 30.0 Å². The minimum atomic E-state index is -0.262. The maximum Gasteiger partial charge on any atom is 0.307 e. The molecular formula is C22H25N3O3S. The van der Waals surface area contributed by atoms with E-state index in [9.17, 15) is 9.59 Å². The van der Waals surface area contributed by atoms with E-state index in [4.69, 9.17) is 4.74 Å². The van der Waals surface area contributed by atoms with Gasteiger partial charge >= 0.3 is 5.97 Å². The van der Waals surface area contributed by atoms with Gasteiger partial charge in [-0.3, -0.25) is 9.59 Å². The van der Waals surface area contributed by atoms with Gasteiger partial charge in [0.15, 0.2) is 10.9 Å². The van der Waals surface area contributed by atoms with Gasteiger partial charge in [-0.2, -0.15) is 0 Å². The van der Waals surface area contributed by atoms with Gasteiger partial charge in [0.25, 0.3) is 0 Å². The molecule has 0 N–H and O–H groups in total. The normalized spacial score (nSPS) is 11.0. The summed E-state index contributed by atoms with van der Waals surface area (Å²) in [5, 5.41) is 0.805. The topological polar surface area (TPSA) is 66.1 Å². The van der Waals surface area contributed by atoms with Crippen molar-refractivity contribution in [3.05, 3.63) is 59.9 Å². The Kier molecular flexibility index (Phi) is 6.59. The van der Waals surface area contributed by atoms with E-state index in [1.807, 2.05) is 54.8 Å². The summed E-state index contributed by atoms with van der Waals surface area (Å²) < 4.78 is 8.77. The lowest BCUT2D eigenvalue weighted by Crippen LogP contribution is -2.11. The standard InChI is InChI=1S/C22H25N3O3S/c1-5-11-25-19-9-7-6-8-18(19)23-22(25)29-14-20(26)17-13-15(2)24(16(17)3)12-10-21(27)28-4/h5-9,13H,1,10-12,14H2,2-4H3. The minimum absolute atomic E-state index is 0.0460. The van der Waals surface area contributed by atoms with Crippen LogP contribution in [0.4, 0.5) is 0 Å². The third-order valence-electron chi connectivity index (χ3n) is 4.90. The number of thioether (sulfide) groups is 1. The number of fused-ring (bicyclic) bond motifs is 1. The highest BCUT2D eigenvalue weighted by atomic mass is 32.2. The van der Waals surface area contributed by atoms with Crippen molar-refractivity contribution in [2.75, 3.05) is 12.9 Å². The number of carbonyl (C=O) groups is 2. The molecule has 0 spiro atoms. The van der Waals surface area contributed by atoms with Crippen LogP contribution in [0.25, 0.3) is 11.0 Å². The van der Waals surface area contributed by atoms with E-state index in [-0.39, 0.29) is 18.2 Å². The second kappa shape index (κ2) is 9.13. The molecule has 2 heterocycles. The van der Waals surface area contributed by atoms with Gasteiger partial charge in [-0.25, -0.2) is 4.98 Å². The van der Waals surface area contributed by atoms with Crippen LogP contribution in [-0.4, -0.2) is 38.7 Å². The number of hydrogen-bond donors (Lipinski definition) is 0. The zero-order valence-corrected chi connectivity index (χ0v) is 17.8. The van der Waals surface area contributed by atoms with Gasteiger partial charge < -0.3 is 13.9 Å². The number of aromatic nitrogens is 3. The highest BCUT2D eigenvalue weighted by Crippen LogP contribution is 2.26. The first-order valence-electron chi connectivity index (χ1n) is 9.42. The fraction of sp³-hybridized carbons (Fsp3) is 0.318. The van der Waals surface area contributed by atoms with Gasteiger partial charge in [0.05, 0.1) is 30.3 Å². The second-order valence-electron chi connectivity index (χ2n) is 6.76. The Morgan fingerprint density at radius 2 is 2.00 bits per heavy atom. The lowest BCUT2D eigenvalue weighted by Gasteiger charge is -2.09. The SMILES string of the molecule is C=CCn1c(SCC(=O)c2cc(C)n(CCC(=O)OC)c2C)nc2ccccc21. The van der Waals surface area contributed by atoms with Crippen molar-refractivity contribution < 1.29 is 14.3 Å². The smallest absolute Gasteiger partial charge is 0.307 e. The van der Waals surface area contributed by atoms with Crippen LogP contribution >= 0.6 is 11.8 Å². The molecule has 0 amide bonds. The monoisotopic (exact) mass is 411 g/mol. The number of ketones is 1. The first-order valence-corrected chi connectivity index (χ1v) is 10.4. The van der Waals surface area contributed by atoms with Gasteiger partial charge in [-0.15, -0.1) is 6.58 Å². The van der Waals surface area contributed by atoms with Gasteiger partial charge in [-0.05, 0) is 32.0 Å². The van der Waals surface area contributed by atoms with Crippen LogP contribution in [-0.2, 0) is 22.6 Å². The van der Waals surface area contributed by atoms with Crippen LogP contribution < -0.4 is 0 Å². The fourth-order valence-corrected chi connectivity index (χ4v) is 4.32. The Hall–Kier alpha value is -2.80. The molecule has 0 saturated heterocycles. The molecule has 0 fully saturated rings. The molecule has 1 aromatic carbocycles. The summed E-state index contributed by atoms with van der Waals surface area (Å²) in [4.78, 5) is 29.0. The van der Waals surface area contributed by atoms with Crippen LogP contribution in [0.2, 0.25) is 0 Å². The summed E-state index contributed by atoms with van der Waals surface area (Å²) in [5.41, 5.74) is 4.45. The Bertz CT molecular complexity index is 1060. The Morgan fingerprint density at radius 3 is 2.72 bits per heavy atom. The molecule has 2 aromatic heterocycles. The fourth-order valence-electron chi connectivity index (χ4n) is 3.41. The van der Waals surface area contributed by atoms with E-state index < -0.39 is 0 Å². The van der Waals surface area contributed by atoms with E-state index in [1.54, 1.807) is 0 Å². The number of ether oxygens (including phenoxy) is 1. The highest BCUT2D eigenvalue weighted by Gasteiger charge is 2.18. The van der Waals surface area contributed by atoms with Gasteiger partial charge in [0, 0.05) is 30.0 Å². The first-order chi connectivity index (χ1) is 14.0. The van der Waals surface area contributed by atoms with E-state index in [0.717, 1.165) is 27.6 Å². The number of imidazole rings is 1. The highest BCUT2D eigenvalue weighted by molar-refractivity contribution is 7.99. The van der Waals surface area contributed by atoms with Crippen LogP contribution in [0, 0.1) is 13.8 Å². The maximum atomic E-state index is 12.9. The number of hydrogen-bond acceptors (Lipinski definition) is 5. The Balaban J connectivity index is 1.76. The number of para-hydroxylation sites is 2. The molecule has 0 bridgehead atoms. The zero-order valence-electron chi connectivity index (χ0n) is 17.0. The summed E-state index contributed by atoms with van der Waals surface area (Å²) in [7, 11) is 1.38. The number of allylic oxidation sites excluding steroid dienone is 1. The molecule has 7 heteroatoms. The van der Waals surface area contributed by atoms with Crippen LogP contribution in [0.5, 0.6) is 0 Å². The van der Waals surface area contributed by atoms with Crippen molar-refractivity contribution in [1.29, 1.82) is 0 Å². The first kappa shape index (κ1) is 20.9. The maximum absolute atomic E-state index is 12.9. The van der Waals surface area contributed by atoms with Crippen molar-refractivity contribution in [3.8, 4) is 0 Å². The molecule has 29 heavy (non-hydrogen) atoms. The number of rotatable bonds is 9. The lowest BCUT2D eigenvalue weighted by atomic mass is 10.2. The molecule has 0 unspecified atom stereocenters. The van der Waals surface area contributed by atoms with Gasteiger partial charge in [0.1, 0.15) is 0 Å². The number of esters is 1. The van der Waals surface area contributed by atoms with Crippen molar-refractivity contribution in [2.24, 2.45) is 0 Å². The molecule has 0 saturated carbocycles. The van der Waals surface area contributed by atoms with Crippen molar-refractivity contribution >= 4 is 34.5 Å². The third kappa shape index (κ3) is 4.45. The molecule has 0 aliphatic carbocycles. The predicted molar refractivity (Wildman–Crippen MR) is 116 cm³/mol. The average Bonchev–Trinajstić information content (AvgIpc) is 3.21. The van der Waals surface area contributed by atoms with Crippen molar-refractivity contribution in [3.63, 3.8) is 0 Å². The molecule has 0 atom stereocenters. The molecular weight excluding hydrogens is 386 g/mol. The number of benzene rings is 1. The summed E-state index contributed by atoms with van der Waals surface area (Å²) in [6, 6.07) is 9.81. The van der Waals surface area contributed by atoms with E-state index in [2.05, 4.69) is 16.1 Å². The number of Topliss-reactive ketones (excluding diaryl/α,β-unsaturated/α-hetero) is 1. The van der Waals surface area contributed by atoms with Crippen LogP contribution in [0.1, 0.15) is 28.2 Å². The average molecular weight is 412 g/mol. The van der Waals surface area contributed by atoms with E-state index >= 15 is 0 Å². The second-order valence-corrected chi connectivity index (χ2v) is 7.70. The third-order valence-corrected chi connectivity index (χ3v) is 5.88. The minimum Gasteiger partial charge on any atom is -0.469 e. The number of methoxy groups -OCH3 is 1. The summed E-state index contributed by atoms with van der Waals surface area (Å²) in [5.74, 6) is 0.0774. The van der Waals surface area contributed by atoms with Crippen molar-refractivity contribution in [1.82, 2.24) is 14.1 Å². The zero-order chi connectivity index (χ0) is 21.0.